The first-order valence-electron chi connectivity index (χ1n) is 6.26. The van der Waals surface area contributed by atoms with Crippen LogP contribution in [0.2, 0.25) is 0 Å². The summed E-state index contributed by atoms with van der Waals surface area (Å²) < 4.78 is 0. The Morgan fingerprint density at radius 3 is 2.35 bits per heavy atom. The van der Waals surface area contributed by atoms with E-state index in [9.17, 15) is 4.79 Å². The molecule has 0 aliphatic carbocycles. The number of hydrogen-bond acceptors (Lipinski definition) is 3. The Balaban J connectivity index is 0.00000200. The van der Waals surface area contributed by atoms with Crippen molar-refractivity contribution >= 4 is 35.3 Å². The van der Waals surface area contributed by atoms with E-state index in [1.807, 2.05) is 35.6 Å². The minimum Gasteiger partial charge on any atom is -0.326 e. The summed E-state index contributed by atoms with van der Waals surface area (Å²) in [6.45, 7) is 5.36. The highest BCUT2D eigenvalue weighted by molar-refractivity contribution is 7.11. The minimum absolute atomic E-state index is 0. The van der Waals surface area contributed by atoms with Gasteiger partial charge in [-0.15, -0.1) is 23.7 Å². The number of rotatable bonds is 5. The summed E-state index contributed by atoms with van der Waals surface area (Å²) in [7, 11) is 0. The standard InChI is InChI=1S/C15H18N2OS.ClH/c1-11-3-8-15(19-11)10-16-9-13-4-6-14(7-5-13)17-12(2)18;/h3-8,16H,9-10H2,1-2H3,(H,17,18);1H. The number of hydrogen-bond donors (Lipinski definition) is 2. The highest BCUT2D eigenvalue weighted by Crippen LogP contribution is 2.15. The molecule has 0 spiro atoms. The molecule has 1 aromatic carbocycles. The molecule has 2 N–H and O–H groups in total. The molecule has 5 heteroatoms. The van der Waals surface area contributed by atoms with E-state index in [0.29, 0.717) is 0 Å². The number of amides is 1. The first kappa shape index (κ1) is 16.7. The lowest BCUT2D eigenvalue weighted by Gasteiger charge is -2.06. The number of halogens is 1. The molecule has 0 bridgehead atoms. The topological polar surface area (TPSA) is 41.1 Å². The Morgan fingerprint density at radius 1 is 1.10 bits per heavy atom. The SMILES string of the molecule is CC(=O)Nc1ccc(CNCc2ccc(C)s2)cc1.Cl. The zero-order valence-electron chi connectivity index (χ0n) is 11.6. The molecule has 0 aliphatic rings. The molecule has 1 aromatic heterocycles. The van der Waals surface area contributed by atoms with Gasteiger partial charge in [-0.3, -0.25) is 4.79 Å². The van der Waals surface area contributed by atoms with Gasteiger partial charge in [-0.25, -0.2) is 0 Å². The second-order valence-electron chi connectivity index (χ2n) is 4.49. The molecule has 0 radical (unpaired) electrons. The normalized spacial score (nSPS) is 9.90. The van der Waals surface area contributed by atoms with Crippen molar-refractivity contribution in [3.8, 4) is 0 Å². The quantitative estimate of drug-likeness (QED) is 0.883. The lowest BCUT2D eigenvalue weighted by atomic mass is 10.2. The van der Waals surface area contributed by atoms with Gasteiger partial charge in [-0.05, 0) is 36.8 Å². The zero-order valence-corrected chi connectivity index (χ0v) is 13.2. The fourth-order valence-electron chi connectivity index (χ4n) is 1.82. The maximum Gasteiger partial charge on any atom is 0.221 e. The number of carbonyl (C=O) groups excluding carboxylic acids is 1. The van der Waals surface area contributed by atoms with Gasteiger partial charge in [0.25, 0.3) is 0 Å². The van der Waals surface area contributed by atoms with E-state index in [1.165, 1.54) is 22.2 Å². The third-order valence-electron chi connectivity index (χ3n) is 2.70. The number of anilines is 1. The van der Waals surface area contributed by atoms with Gasteiger partial charge in [-0.1, -0.05) is 12.1 Å². The van der Waals surface area contributed by atoms with Gasteiger partial charge in [0.05, 0.1) is 0 Å². The van der Waals surface area contributed by atoms with Crippen molar-refractivity contribution < 1.29 is 4.79 Å². The molecule has 0 unspecified atom stereocenters. The van der Waals surface area contributed by atoms with E-state index in [-0.39, 0.29) is 18.3 Å². The summed E-state index contributed by atoms with van der Waals surface area (Å²) in [6, 6.07) is 12.2. The highest BCUT2D eigenvalue weighted by atomic mass is 35.5. The minimum atomic E-state index is -0.0426. The van der Waals surface area contributed by atoms with E-state index < -0.39 is 0 Å². The van der Waals surface area contributed by atoms with E-state index in [4.69, 9.17) is 0 Å². The molecular weight excluding hydrogens is 292 g/mol. The van der Waals surface area contributed by atoms with Gasteiger partial charge >= 0.3 is 0 Å². The molecule has 2 rings (SSSR count). The van der Waals surface area contributed by atoms with Crippen LogP contribution in [-0.4, -0.2) is 5.91 Å². The average Bonchev–Trinajstić information content (AvgIpc) is 2.77. The number of benzene rings is 1. The van der Waals surface area contributed by atoms with Crippen LogP contribution in [0.15, 0.2) is 36.4 Å². The molecule has 2 aromatic rings. The average molecular weight is 311 g/mol. The van der Waals surface area contributed by atoms with E-state index >= 15 is 0 Å². The molecular formula is C15H19ClN2OS. The van der Waals surface area contributed by atoms with Crippen LogP contribution in [0, 0.1) is 6.92 Å². The molecule has 20 heavy (non-hydrogen) atoms. The Labute approximate surface area is 129 Å². The van der Waals surface area contributed by atoms with Crippen LogP contribution < -0.4 is 10.6 Å². The Hall–Kier alpha value is -1.36. The zero-order chi connectivity index (χ0) is 13.7. The summed E-state index contributed by atoms with van der Waals surface area (Å²) >= 11 is 1.82. The molecule has 0 fully saturated rings. The summed E-state index contributed by atoms with van der Waals surface area (Å²) in [5.74, 6) is -0.0426. The van der Waals surface area contributed by atoms with Crippen LogP contribution in [0.4, 0.5) is 5.69 Å². The van der Waals surface area contributed by atoms with Crippen molar-refractivity contribution in [3.05, 3.63) is 51.7 Å². The van der Waals surface area contributed by atoms with Crippen LogP contribution in [0.1, 0.15) is 22.2 Å². The highest BCUT2D eigenvalue weighted by Gasteiger charge is 1.98. The van der Waals surface area contributed by atoms with Gasteiger partial charge in [0.2, 0.25) is 5.91 Å². The molecule has 0 atom stereocenters. The molecule has 108 valence electrons. The van der Waals surface area contributed by atoms with Crippen LogP contribution in [0.25, 0.3) is 0 Å². The van der Waals surface area contributed by atoms with Crippen LogP contribution in [0.3, 0.4) is 0 Å². The third kappa shape index (κ3) is 5.33. The summed E-state index contributed by atoms with van der Waals surface area (Å²) in [5, 5.41) is 6.17. The van der Waals surface area contributed by atoms with Gasteiger partial charge in [0.1, 0.15) is 0 Å². The molecule has 1 amide bonds. The number of carbonyl (C=O) groups is 1. The van der Waals surface area contributed by atoms with Crippen molar-refractivity contribution in [2.24, 2.45) is 0 Å². The maximum atomic E-state index is 10.9. The predicted octanol–water partition coefficient (Wildman–Crippen LogP) is 3.73. The lowest BCUT2D eigenvalue weighted by molar-refractivity contribution is -0.114. The van der Waals surface area contributed by atoms with E-state index in [2.05, 4.69) is 29.7 Å². The fraction of sp³-hybridized carbons (Fsp3) is 0.267. The Bertz CT molecular complexity index is 551. The van der Waals surface area contributed by atoms with Crippen LogP contribution in [0.5, 0.6) is 0 Å². The van der Waals surface area contributed by atoms with E-state index in [1.54, 1.807) is 0 Å². The lowest BCUT2D eigenvalue weighted by Crippen LogP contribution is -2.12. The number of thiophene rings is 1. The van der Waals surface area contributed by atoms with Crippen LogP contribution in [-0.2, 0) is 17.9 Å². The molecule has 0 saturated heterocycles. The monoisotopic (exact) mass is 310 g/mol. The Kier molecular flexibility index (Phi) is 6.71. The molecule has 0 aliphatic heterocycles. The largest absolute Gasteiger partial charge is 0.326 e. The van der Waals surface area contributed by atoms with Crippen LogP contribution >= 0.6 is 23.7 Å². The van der Waals surface area contributed by atoms with Crippen molar-refractivity contribution in [2.75, 3.05) is 5.32 Å². The number of aryl methyl sites for hydroxylation is 1. The molecule has 1 heterocycles. The smallest absolute Gasteiger partial charge is 0.221 e. The van der Waals surface area contributed by atoms with Gasteiger partial charge in [0, 0.05) is 35.5 Å². The predicted molar refractivity (Wildman–Crippen MR) is 87.6 cm³/mol. The third-order valence-corrected chi connectivity index (χ3v) is 3.70. The first-order chi connectivity index (χ1) is 9.13. The second kappa shape index (κ2) is 8.04. The summed E-state index contributed by atoms with van der Waals surface area (Å²) in [6.07, 6.45) is 0. The second-order valence-corrected chi connectivity index (χ2v) is 5.87. The summed E-state index contributed by atoms with van der Waals surface area (Å²) in [5.41, 5.74) is 2.05. The van der Waals surface area contributed by atoms with Crippen molar-refractivity contribution in [1.82, 2.24) is 5.32 Å². The van der Waals surface area contributed by atoms with Crippen molar-refractivity contribution in [2.45, 2.75) is 26.9 Å². The molecule has 3 nitrogen and oxygen atoms in total. The Morgan fingerprint density at radius 2 is 1.80 bits per heavy atom. The van der Waals surface area contributed by atoms with Crippen molar-refractivity contribution in [3.63, 3.8) is 0 Å². The van der Waals surface area contributed by atoms with Gasteiger partial charge < -0.3 is 10.6 Å². The maximum absolute atomic E-state index is 10.9. The van der Waals surface area contributed by atoms with E-state index in [0.717, 1.165) is 18.8 Å². The van der Waals surface area contributed by atoms with Crippen molar-refractivity contribution in [1.29, 1.82) is 0 Å². The van der Waals surface area contributed by atoms with Gasteiger partial charge in [-0.2, -0.15) is 0 Å². The molecule has 0 saturated carbocycles. The fourth-order valence-corrected chi connectivity index (χ4v) is 2.68. The summed E-state index contributed by atoms with van der Waals surface area (Å²) in [4.78, 5) is 13.6. The number of nitrogens with one attached hydrogen (secondary N) is 2. The van der Waals surface area contributed by atoms with Gasteiger partial charge in [0.15, 0.2) is 0 Å². The first-order valence-corrected chi connectivity index (χ1v) is 7.08.